The second-order valence-corrected chi connectivity index (χ2v) is 11.5. The molecule has 1 saturated carbocycles. The maximum absolute atomic E-state index is 13.3. The summed E-state index contributed by atoms with van der Waals surface area (Å²) in [6.07, 6.45) is 2.55. The Morgan fingerprint density at radius 1 is 1.00 bits per heavy atom. The van der Waals surface area contributed by atoms with Crippen LogP contribution in [0.25, 0.3) is 11.1 Å². The number of fused-ring (bicyclic) bond motifs is 1. The summed E-state index contributed by atoms with van der Waals surface area (Å²) in [6, 6.07) is 18.8. The van der Waals surface area contributed by atoms with Crippen LogP contribution in [0.5, 0.6) is 5.75 Å². The van der Waals surface area contributed by atoms with Crippen molar-refractivity contribution in [2.24, 2.45) is 0 Å². The molecular formula is C27H28N2O4S. The van der Waals surface area contributed by atoms with Crippen LogP contribution in [0.3, 0.4) is 0 Å². The lowest BCUT2D eigenvalue weighted by Gasteiger charge is -2.18. The molecule has 0 atom stereocenters. The molecule has 2 aliphatic rings. The lowest BCUT2D eigenvalue weighted by Crippen LogP contribution is -2.27. The molecule has 176 valence electrons. The van der Waals surface area contributed by atoms with E-state index in [1.54, 1.807) is 24.3 Å². The molecule has 5 rings (SSSR count). The van der Waals surface area contributed by atoms with Gasteiger partial charge in [0.2, 0.25) is 15.9 Å². The van der Waals surface area contributed by atoms with Gasteiger partial charge in [-0.1, -0.05) is 30.3 Å². The number of hydrogen-bond acceptors (Lipinski definition) is 4. The van der Waals surface area contributed by atoms with E-state index in [0.29, 0.717) is 6.61 Å². The maximum Gasteiger partial charge on any atom is 0.242 e. The monoisotopic (exact) mass is 476 g/mol. The van der Waals surface area contributed by atoms with Crippen molar-refractivity contribution in [2.45, 2.75) is 36.5 Å². The summed E-state index contributed by atoms with van der Waals surface area (Å²) in [5.74, 6) is 0.932. The van der Waals surface area contributed by atoms with E-state index in [2.05, 4.69) is 11.4 Å². The normalized spacial score (nSPS) is 16.1. The van der Waals surface area contributed by atoms with Crippen LogP contribution in [0.2, 0.25) is 0 Å². The third-order valence-corrected chi connectivity index (χ3v) is 8.70. The smallest absolute Gasteiger partial charge is 0.242 e. The molecule has 1 aliphatic heterocycles. The van der Waals surface area contributed by atoms with Gasteiger partial charge in [0.05, 0.1) is 16.9 Å². The number of aryl methyl sites for hydroxylation is 1. The second-order valence-electron chi connectivity index (χ2n) is 9.30. The zero-order chi connectivity index (χ0) is 24.1. The fourth-order valence-corrected chi connectivity index (χ4v) is 5.44. The third kappa shape index (κ3) is 3.89. The summed E-state index contributed by atoms with van der Waals surface area (Å²) in [4.78, 5) is 13.6. The second kappa shape index (κ2) is 8.25. The average Bonchev–Trinajstić information content (AvgIpc) is 3.51. The summed E-state index contributed by atoms with van der Waals surface area (Å²) in [5.41, 5.74) is 5.36. The Morgan fingerprint density at radius 2 is 1.74 bits per heavy atom. The van der Waals surface area contributed by atoms with Gasteiger partial charge in [0.15, 0.2) is 0 Å². The van der Waals surface area contributed by atoms with Gasteiger partial charge >= 0.3 is 0 Å². The molecule has 0 aromatic heterocycles. The predicted octanol–water partition coefficient (Wildman–Crippen LogP) is 4.52. The zero-order valence-corrected chi connectivity index (χ0v) is 20.4. The summed E-state index contributed by atoms with van der Waals surface area (Å²) >= 11 is 0. The minimum atomic E-state index is -3.48. The van der Waals surface area contributed by atoms with Gasteiger partial charge in [-0.05, 0) is 77.9 Å². The van der Waals surface area contributed by atoms with E-state index in [0.717, 1.165) is 53.0 Å². The number of amides is 1. The highest BCUT2D eigenvalue weighted by Gasteiger charge is 2.51. The molecule has 3 aromatic rings. The number of anilines is 1. The summed E-state index contributed by atoms with van der Waals surface area (Å²) < 4.78 is 31.6. The molecule has 1 amide bonds. The van der Waals surface area contributed by atoms with Gasteiger partial charge in [0, 0.05) is 26.2 Å². The molecular weight excluding hydrogens is 448 g/mol. The van der Waals surface area contributed by atoms with Crippen molar-refractivity contribution in [3.8, 4) is 16.9 Å². The highest BCUT2D eigenvalue weighted by molar-refractivity contribution is 7.89. The summed E-state index contributed by atoms with van der Waals surface area (Å²) in [7, 11) is -0.448. The Kier molecular flexibility index (Phi) is 5.49. The maximum atomic E-state index is 13.3. The van der Waals surface area contributed by atoms with Crippen LogP contribution < -0.4 is 10.1 Å². The Labute approximate surface area is 200 Å². The van der Waals surface area contributed by atoms with Gasteiger partial charge in [-0.2, -0.15) is 0 Å². The number of ether oxygens (including phenoxy) is 1. The molecule has 1 heterocycles. The van der Waals surface area contributed by atoms with E-state index < -0.39 is 15.4 Å². The van der Waals surface area contributed by atoms with Crippen molar-refractivity contribution >= 4 is 21.6 Å². The lowest BCUT2D eigenvalue weighted by atomic mass is 9.92. The Bertz CT molecular complexity index is 1370. The number of nitrogens with one attached hydrogen (secondary N) is 1. The molecule has 34 heavy (non-hydrogen) atoms. The number of rotatable bonds is 6. The van der Waals surface area contributed by atoms with Crippen molar-refractivity contribution < 1.29 is 17.9 Å². The van der Waals surface area contributed by atoms with Crippen LogP contribution in [0.1, 0.15) is 29.5 Å². The van der Waals surface area contributed by atoms with E-state index >= 15 is 0 Å². The highest BCUT2D eigenvalue weighted by Crippen LogP contribution is 2.50. The standard InChI is InChI=1S/C27H28N2O4S/c1-18-4-8-22(17-24(18)19-5-9-23(10-6-19)34(31,32)29(2)3)28-26(30)27(13-14-27)21-7-11-25-20(16-21)12-15-33-25/h4-11,16-17H,12-15H2,1-3H3,(H,28,30). The number of sulfonamides is 1. The van der Waals surface area contributed by atoms with Crippen LogP contribution >= 0.6 is 0 Å². The first-order valence-electron chi connectivity index (χ1n) is 11.4. The molecule has 1 fully saturated rings. The quantitative estimate of drug-likeness (QED) is 0.568. The minimum absolute atomic E-state index is 0.00796. The number of carbonyl (C=O) groups is 1. The van der Waals surface area contributed by atoms with E-state index in [4.69, 9.17) is 4.74 Å². The number of hydrogen-bond donors (Lipinski definition) is 1. The molecule has 1 aliphatic carbocycles. The molecule has 0 unspecified atom stereocenters. The van der Waals surface area contributed by atoms with Crippen molar-refractivity contribution in [3.05, 3.63) is 77.4 Å². The van der Waals surface area contributed by atoms with Crippen LogP contribution in [-0.4, -0.2) is 39.3 Å². The van der Waals surface area contributed by atoms with Gasteiger partial charge in [-0.15, -0.1) is 0 Å². The third-order valence-electron chi connectivity index (χ3n) is 6.87. The largest absolute Gasteiger partial charge is 0.493 e. The van der Waals surface area contributed by atoms with Gasteiger partial charge < -0.3 is 10.1 Å². The number of carbonyl (C=O) groups excluding carboxylic acids is 1. The van der Waals surface area contributed by atoms with Crippen molar-refractivity contribution in [3.63, 3.8) is 0 Å². The van der Waals surface area contributed by atoms with Gasteiger partial charge in [-0.3, -0.25) is 4.79 Å². The van der Waals surface area contributed by atoms with E-state index in [1.807, 2.05) is 37.3 Å². The summed E-state index contributed by atoms with van der Waals surface area (Å²) in [5, 5.41) is 3.13. The molecule has 0 saturated heterocycles. The zero-order valence-electron chi connectivity index (χ0n) is 19.6. The first-order chi connectivity index (χ1) is 16.2. The van der Waals surface area contributed by atoms with Crippen LogP contribution in [0.4, 0.5) is 5.69 Å². The van der Waals surface area contributed by atoms with Crippen LogP contribution in [0, 0.1) is 6.92 Å². The highest BCUT2D eigenvalue weighted by atomic mass is 32.2. The van der Waals surface area contributed by atoms with Gasteiger partial charge in [-0.25, -0.2) is 12.7 Å². The molecule has 6 nitrogen and oxygen atoms in total. The molecule has 3 aromatic carbocycles. The fraction of sp³-hybridized carbons (Fsp3) is 0.296. The minimum Gasteiger partial charge on any atom is -0.493 e. The van der Waals surface area contributed by atoms with E-state index in [9.17, 15) is 13.2 Å². The number of benzene rings is 3. The molecule has 1 N–H and O–H groups in total. The Hall–Kier alpha value is -3.16. The average molecular weight is 477 g/mol. The molecule has 0 spiro atoms. The fourth-order valence-electron chi connectivity index (χ4n) is 4.53. The summed E-state index contributed by atoms with van der Waals surface area (Å²) in [6.45, 7) is 2.70. The van der Waals surface area contributed by atoms with E-state index in [1.165, 1.54) is 24.0 Å². The first-order valence-corrected chi connectivity index (χ1v) is 12.9. The van der Waals surface area contributed by atoms with Crippen LogP contribution in [0.15, 0.2) is 65.6 Å². The number of nitrogens with zero attached hydrogens (tertiary/aromatic N) is 1. The van der Waals surface area contributed by atoms with Gasteiger partial charge in [0.25, 0.3) is 0 Å². The molecule has 0 bridgehead atoms. The topological polar surface area (TPSA) is 75.7 Å². The Balaban J connectivity index is 1.39. The first kappa shape index (κ1) is 22.6. The predicted molar refractivity (Wildman–Crippen MR) is 133 cm³/mol. The lowest BCUT2D eigenvalue weighted by molar-refractivity contribution is -0.118. The van der Waals surface area contributed by atoms with Crippen LogP contribution in [-0.2, 0) is 26.7 Å². The van der Waals surface area contributed by atoms with Gasteiger partial charge in [0.1, 0.15) is 5.75 Å². The molecule has 7 heteroatoms. The SMILES string of the molecule is Cc1ccc(NC(=O)C2(c3ccc4c(c3)CCO4)CC2)cc1-c1ccc(S(=O)(=O)N(C)C)cc1. The van der Waals surface area contributed by atoms with Crippen molar-refractivity contribution in [1.29, 1.82) is 0 Å². The Morgan fingerprint density at radius 3 is 2.41 bits per heavy atom. The van der Waals surface area contributed by atoms with E-state index in [-0.39, 0.29) is 10.8 Å². The van der Waals surface area contributed by atoms with Crippen molar-refractivity contribution in [1.82, 2.24) is 4.31 Å². The van der Waals surface area contributed by atoms with Crippen molar-refractivity contribution in [2.75, 3.05) is 26.0 Å². The molecule has 0 radical (unpaired) electrons.